The van der Waals surface area contributed by atoms with E-state index in [1.165, 1.54) is 0 Å². The van der Waals surface area contributed by atoms with Crippen LogP contribution < -0.4 is 0 Å². The second-order valence-corrected chi connectivity index (χ2v) is 7.04. The summed E-state index contributed by atoms with van der Waals surface area (Å²) in [6, 6.07) is 0.101. The molecule has 2 aliphatic rings. The van der Waals surface area contributed by atoms with Crippen molar-refractivity contribution in [1.29, 1.82) is 0 Å². The largest absolute Gasteiger partial charge is 0.444 e. The number of carbonyl (C=O) groups is 1. The van der Waals surface area contributed by atoms with E-state index in [4.69, 9.17) is 8.92 Å². The van der Waals surface area contributed by atoms with Crippen LogP contribution in [0.1, 0.15) is 33.6 Å². The molecule has 2 rings (SSSR count). The van der Waals surface area contributed by atoms with E-state index in [9.17, 15) is 9.00 Å². The Bertz CT molecular complexity index is 369. The van der Waals surface area contributed by atoms with Crippen molar-refractivity contribution in [3.8, 4) is 0 Å². The highest BCUT2D eigenvalue weighted by atomic mass is 32.2. The highest BCUT2D eigenvalue weighted by molar-refractivity contribution is 7.77. The Morgan fingerprint density at radius 2 is 2.11 bits per heavy atom. The van der Waals surface area contributed by atoms with Crippen LogP contribution in [0.15, 0.2) is 0 Å². The molecule has 2 saturated heterocycles. The summed E-state index contributed by atoms with van der Waals surface area (Å²) in [7, 11) is 0. The summed E-state index contributed by atoms with van der Waals surface area (Å²) in [5, 5.41) is 0. The molecule has 0 aromatic carbocycles. The SMILES string of the molecule is CC(C)(C)OC(=O)N1CCCN2[C@H](CCOS2=O)C1. The van der Waals surface area contributed by atoms with Crippen molar-refractivity contribution in [3.05, 3.63) is 0 Å². The maximum absolute atomic E-state index is 12.1. The number of nitrogens with zero attached hydrogens (tertiary/aromatic N) is 2. The van der Waals surface area contributed by atoms with Gasteiger partial charge in [0.25, 0.3) is 0 Å². The van der Waals surface area contributed by atoms with Crippen LogP contribution in [-0.2, 0) is 20.2 Å². The Morgan fingerprint density at radius 1 is 1.37 bits per heavy atom. The van der Waals surface area contributed by atoms with Crippen LogP contribution >= 0.6 is 0 Å². The summed E-state index contributed by atoms with van der Waals surface area (Å²) in [5.41, 5.74) is -0.485. The van der Waals surface area contributed by atoms with E-state index in [0.29, 0.717) is 26.2 Å². The molecule has 0 aliphatic carbocycles. The third-order valence-electron chi connectivity index (χ3n) is 3.12. The fraction of sp³-hybridized carbons (Fsp3) is 0.917. The Morgan fingerprint density at radius 3 is 2.79 bits per heavy atom. The number of fused-ring (bicyclic) bond motifs is 1. The van der Waals surface area contributed by atoms with Gasteiger partial charge in [-0.2, -0.15) is 4.31 Å². The molecule has 2 atom stereocenters. The molecule has 2 fully saturated rings. The van der Waals surface area contributed by atoms with Gasteiger partial charge >= 0.3 is 6.09 Å². The lowest BCUT2D eigenvalue weighted by molar-refractivity contribution is 0.0230. The van der Waals surface area contributed by atoms with E-state index in [1.807, 2.05) is 25.1 Å². The second kappa shape index (κ2) is 5.76. The first-order valence-corrected chi connectivity index (χ1v) is 7.70. The third-order valence-corrected chi connectivity index (χ3v) is 4.36. The lowest BCUT2D eigenvalue weighted by atomic mass is 10.2. The molecule has 7 heteroatoms. The Balaban J connectivity index is 2.00. The Labute approximate surface area is 116 Å². The molecular weight excluding hydrogens is 268 g/mol. The fourth-order valence-electron chi connectivity index (χ4n) is 2.28. The van der Waals surface area contributed by atoms with Gasteiger partial charge in [-0.25, -0.2) is 9.00 Å². The second-order valence-electron chi connectivity index (χ2n) is 5.90. The molecule has 0 N–H and O–H groups in total. The first-order chi connectivity index (χ1) is 8.87. The van der Waals surface area contributed by atoms with Gasteiger partial charge in [0.2, 0.25) is 11.3 Å². The first-order valence-electron chi connectivity index (χ1n) is 6.66. The number of hydrogen-bond acceptors (Lipinski definition) is 4. The van der Waals surface area contributed by atoms with Gasteiger partial charge in [0, 0.05) is 25.7 Å². The van der Waals surface area contributed by atoms with Crippen molar-refractivity contribution in [3.63, 3.8) is 0 Å². The summed E-state index contributed by atoms with van der Waals surface area (Å²) >= 11 is -1.36. The van der Waals surface area contributed by atoms with Gasteiger partial charge < -0.3 is 9.64 Å². The third kappa shape index (κ3) is 3.90. The average molecular weight is 290 g/mol. The van der Waals surface area contributed by atoms with Gasteiger partial charge in [-0.1, -0.05) is 0 Å². The number of amides is 1. The zero-order valence-electron chi connectivity index (χ0n) is 11.8. The van der Waals surface area contributed by atoms with Crippen molar-refractivity contribution >= 4 is 17.4 Å². The van der Waals surface area contributed by atoms with E-state index < -0.39 is 16.9 Å². The van der Waals surface area contributed by atoms with Gasteiger partial charge in [-0.15, -0.1) is 0 Å². The molecule has 0 spiro atoms. The summed E-state index contributed by atoms with van der Waals surface area (Å²) in [5.74, 6) is 0. The number of rotatable bonds is 0. The van der Waals surface area contributed by atoms with Crippen molar-refractivity contribution < 1.29 is 17.9 Å². The van der Waals surface area contributed by atoms with Gasteiger partial charge in [-0.05, 0) is 33.6 Å². The molecule has 6 nitrogen and oxygen atoms in total. The average Bonchev–Trinajstić information content (AvgIpc) is 2.50. The minimum absolute atomic E-state index is 0.101. The highest BCUT2D eigenvalue weighted by Crippen LogP contribution is 2.21. The lowest BCUT2D eigenvalue weighted by Crippen LogP contribution is -2.48. The summed E-state index contributed by atoms with van der Waals surface area (Å²) in [4.78, 5) is 13.8. The zero-order chi connectivity index (χ0) is 14.0. The first kappa shape index (κ1) is 14.7. The molecule has 1 unspecified atom stereocenters. The van der Waals surface area contributed by atoms with Crippen LogP contribution in [-0.4, -0.2) is 57.4 Å². The standard InChI is InChI=1S/C12H22N2O4S/c1-12(2,3)18-11(15)13-6-4-7-14-10(9-13)5-8-17-19(14)16/h10H,4-9H2,1-3H3/t10-,19?/m1/s1. The van der Waals surface area contributed by atoms with E-state index in [-0.39, 0.29) is 12.1 Å². The lowest BCUT2D eigenvalue weighted by Gasteiger charge is -2.33. The van der Waals surface area contributed by atoms with Crippen LogP contribution in [0.25, 0.3) is 0 Å². The molecule has 1 amide bonds. The molecule has 0 aromatic heterocycles. The van der Waals surface area contributed by atoms with Crippen molar-refractivity contribution in [1.82, 2.24) is 9.21 Å². The van der Waals surface area contributed by atoms with E-state index in [0.717, 1.165) is 12.8 Å². The Hall–Kier alpha value is -0.660. The molecule has 0 aromatic rings. The molecule has 110 valence electrons. The smallest absolute Gasteiger partial charge is 0.410 e. The molecule has 2 aliphatic heterocycles. The van der Waals surface area contributed by atoms with Gasteiger partial charge in [0.15, 0.2) is 0 Å². The molecule has 0 saturated carbocycles. The van der Waals surface area contributed by atoms with Crippen molar-refractivity contribution in [2.75, 3.05) is 26.2 Å². The predicted octanol–water partition coefficient (Wildman–Crippen LogP) is 1.30. The van der Waals surface area contributed by atoms with E-state index in [2.05, 4.69) is 0 Å². The summed E-state index contributed by atoms with van der Waals surface area (Å²) in [6.45, 7) is 7.95. The monoisotopic (exact) mass is 290 g/mol. The van der Waals surface area contributed by atoms with Crippen LogP contribution in [0.5, 0.6) is 0 Å². The topological polar surface area (TPSA) is 59.1 Å². The number of carbonyl (C=O) groups excluding carboxylic acids is 1. The summed E-state index contributed by atoms with van der Waals surface area (Å²) < 4.78 is 24.2. The highest BCUT2D eigenvalue weighted by Gasteiger charge is 2.35. The fourth-order valence-corrected chi connectivity index (χ4v) is 3.35. The minimum atomic E-state index is -1.36. The minimum Gasteiger partial charge on any atom is -0.444 e. The van der Waals surface area contributed by atoms with Gasteiger partial charge in [0.1, 0.15) is 5.60 Å². The van der Waals surface area contributed by atoms with Crippen LogP contribution in [0.4, 0.5) is 4.79 Å². The van der Waals surface area contributed by atoms with E-state index in [1.54, 1.807) is 4.90 Å². The quantitative estimate of drug-likeness (QED) is 0.674. The van der Waals surface area contributed by atoms with Crippen LogP contribution in [0.2, 0.25) is 0 Å². The normalized spacial score (nSPS) is 29.5. The molecule has 2 heterocycles. The van der Waals surface area contributed by atoms with Crippen molar-refractivity contribution in [2.24, 2.45) is 0 Å². The Kier molecular flexibility index (Phi) is 4.47. The maximum Gasteiger partial charge on any atom is 0.410 e. The number of ether oxygens (including phenoxy) is 1. The van der Waals surface area contributed by atoms with Gasteiger partial charge in [-0.3, -0.25) is 4.18 Å². The molecular formula is C12H22N2O4S. The van der Waals surface area contributed by atoms with Gasteiger partial charge in [0.05, 0.1) is 6.61 Å². The number of hydrogen-bond donors (Lipinski definition) is 0. The van der Waals surface area contributed by atoms with Crippen LogP contribution in [0, 0.1) is 0 Å². The molecule has 19 heavy (non-hydrogen) atoms. The summed E-state index contributed by atoms with van der Waals surface area (Å²) in [6.07, 6.45) is 1.29. The van der Waals surface area contributed by atoms with E-state index >= 15 is 0 Å². The maximum atomic E-state index is 12.1. The zero-order valence-corrected chi connectivity index (χ0v) is 12.6. The van der Waals surface area contributed by atoms with Crippen LogP contribution in [0.3, 0.4) is 0 Å². The predicted molar refractivity (Wildman–Crippen MR) is 71.6 cm³/mol. The molecule has 0 radical (unpaired) electrons. The molecule has 0 bridgehead atoms. The van der Waals surface area contributed by atoms with Crippen molar-refractivity contribution in [2.45, 2.75) is 45.3 Å².